The van der Waals surface area contributed by atoms with Crippen molar-refractivity contribution in [3.05, 3.63) is 76.4 Å². The van der Waals surface area contributed by atoms with Crippen LogP contribution >= 0.6 is 23.1 Å². The van der Waals surface area contributed by atoms with E-state index in [1.54, 1.807) is 7.05 Å². The molecule has 4 rings (SSSR count). The topological polar surface area (TPSA) is 67.2 Å². The fourth-order valence-electron chi connectivity index (χ4n) is 3.55. The number of thiophene rings is 1. The van der Waals surface area contributed by atoms with E-state index < -0.39 is 0 Å². The van der Waals surface area contributed by atoms with Crippen LogP contribution in [0.3, 0.4) is 0 Å². The number of carbonyl (C=O) groups is 1. The smallest absolute Gasteiger partial charge is 0.263 e. The zero-order chi connectivity index (χ0) is 23.2. The van der Waals surface area contributed by atoms with Crippen LogP contribution in [0.15, 0.2) is 76.0 Å². The fraction of sp³-hybridized carbons (Fsp3) is 0.240. The number of hydrogen-bond donors (Lipinski definition) is 1. The largest absolute Gasteiger partial charge is 0.375 e. The molecule has 0 fully saturated rings. The summed E-state index contributed by atoms with van der Waals surface area (Å²) in [5, 5.41) is 6.11. The summed E-state index contributed by atoms with van der Waals surface area (Å²) in [6.45, 7) is 1.46. The predicted octanol–water partition coefficient (Wildman–Crippen LogP) is 4.40. The molecular weight excluding hydrogens is 452 g/mol. The first-order valence-corrected chi connectivity index (χ1v) is 12.6. The minimum absolute atomic E-state index is 0.0622. The number of nitrogens with one attached hydrogen (secondary N) is 1. The van der Waals surface area contributed by atoms with Gasteiger partial charge in [-0.15, -0.1) is 11.3 Å². The molecule has 2 heterocycles. The van der Waals surface area contributed by atoms with Crippen LogP contribution in [0.5, 0.6) is 0 Å². The minimum Gasteiger partial charge on any atom is -0.375 e. The predicted molar refractivity (Wildman–Crippen MR) is 138 cm³/mol. The number of hydrogen-bond acceptors (Lipinski definition) is 6. The van der Waals surface area contributed by atoms with Gasteiger partial charge in [-0.05, 0) is 24.1 Å². The van der Waals surface area contributed by atoms with Gasteiger partial charge < -0.3 is 10.2 Å². The number of fused-ring (bicyclic) bond motifs is 1. The average molecular weight is 479 g/mol. The molecule has 0 aliphatic rings. The van der Waals surface area contributed by atoms with Gasteiger partial charge in [-0.2, -0.15) is 0 Å². The molecule has 0 atom stereocenters. The van der Waals surface area contributed by atoms with E-state index in [-0.39, 0.29) is 17.2 Å². The summed E-state index contributed by atoms with van der Waals surface area (Å²) < 4.78 is 1.54. The first-order valence-electron chi connectivity index (χ1n) is 10.7. The maximum Gasteiger partial charge on any atom is 0.263 e. The summed E-state index contributed by atoms with van der Waals surface area (Å²) >= 11 is 2.74. The highest BCUT2D eigenvalue weighted by molar-refractivity contribution is 7.99. The van der Waals surface area contributed by atoms with Crippen molar-refractivity contribution in [2.75, 3.05) is 30.8 Å². The molecule has 1 amide bonds. The van der Waals surface area contributed by atoms with Crippen molar-refractivity contribution in [2.24, 2.45) is 7.05 Å². The van der Waals surface area contributed by atoms with Gasteiger partial charge in [0.1, 0.15) is 4.83 Å². The number of benzene rings is 2. The molecule has 0 bridgehead atoms. The zero-order valence-electron chi connectivity index (χ0n) is 18.7. The van der Waals surface area contributed by atoms with Gasteiger partial charge in [0.25, 0.3) is 5.56 Å². The highest BCUT2D eigenvalue weighted by Gasteiger charge is 2.16. The fourth-order valence-corrected chi connectivity index (χ4v) is 5.34. The third-order valence-electron chi connectivity index (χ3n) is 5.38. The van der Waals surface area contributed by atoms with E-state index >= 15 is 0 Å². The lowest BCUT2D eigenvalue weighted by Crippen LogP contribution is -2.29. The van der Waals surface area contributed by atoms with E-state index in [9.17, 15) is 9.59 Å². The second-order valence-corrected chi connectivity index (χ2v) is 9.50. The van der Waals surface area contributed by atoms with Crippen LogP contribution in [-0.2, 0) is 11.8 Å². The Morgan fingerprint density at radius 3 is 2.55 bits per heavy atom. The Balaban J connectivity index is 1.33. The van der Waals surface area contributed by atoms with Crippen LogP contribution in [0.25, 0.3) is 21.3 Å². The highest BCUT2D eigenvalue weighted by atomic mass is 32.2. The molecule has 0 saturated carbocycles. The Morgan fingerprint density at radius 1 is 1.12 bits per heavy atom. The van der Waals surface area contributed by atoms with Crippen LogP contribution < -0.4 is 15.8 Å². The first kappa shape index (κ1) is 23.1. The van der Waals surface area contributed by atoms with E-state index in [0.29, 0.717) is 21.9 Å². The second kappa shape index (κ2) is 10.7. The lowest BCUT2D eigenvalue weighted by atomic mass is 10.1. The van der Waals surface area contributed by atoms with Crippen molar-refractivity contribution in [1.29, 1.82) is 0 Å². The summed E-state index contributed by atoms with van der Waals surface area (Å²) in [6, 6.07) is 20.0. The zero-order valence-corrected chi connectivity index (χ0v) is 20.3. The van der Waals surface area contributed by atoms with Gasteiger partial charge in [0.15, 0.2) is 5.16 Å². The highest BCUT2D eigenvalue weighted by Crippen LogP contribution is 2.31. The van der Waals surface area contributed by atoms with Crippen molar-refractivity contribution in [3.8, 4) is 11.1 Å². The van der Waals surface area contributed by atoms with Crippen molar-refractivity contribution in [3.63, 3.8) is 0 Å². The Morgan fingerprint density at radius 2 is 1.82 bits per heavy atom. The molecule has 0 radical (unpaired) electrons. The molecule has 0 aliphatic carbocycles. The van der Waals surface area contributed by atoms with E-state index in [1.165, 1.54) is 27.7 Å². The molecule has 6 nitrogen and oxygen atoms in total. The Hall–Kier alpha value is -3.10. The number of aromatic nitrogens is 2. The molecule has 170 valence electrons. The number of carbonyl (C=O) groups excluding carboxylic acids is 1. The summed E-state index contributed by atoms with van der Waals surface area (Å²) in [5.74, 6) is 0.157. The third-order valence-corrected chi connectivity index (χ3v) is 7.28. The molecule has 1 N–H and O–H groups in total. The van der Waals surface area contributed by atoms with Crippen LogP contribution in [0.2, 0.25) is 0 Å². The Kier molecular flexibility index (Phi) is 7.47. The summed E-state index contributed by atoms with van der Waals surface area (Å²) in [6.07, 6.45) is 0.849. The summed E-state index contributed by atoms with van der Waals surface area (Å²) in [4.78, 5) is 32.9. The van der Waals surface area contributed by atoms with E-state index in [4.69, 9.17) is 0 Å². The maximum atomic E-state index is 13.1. The van der Waals surface area contributed by atoms with Gasteiger partial charge in [0.05, 0.1) is 11.1 Å². The van der Waals surface area contributed by atoms with Crippen molar-refractivity contribution < 1.29 is 4.79 Å². The monoisotopic (exact) mass is 478 g/mol. The standard InChI is InChI=1S/C25H26N4O2S2/c1-28(19-12-7-4-8-13-19)15-9-14-26-21(30)17-33-25-27-23-22(24(31)29(25)2)20(16-32-23)18-10-5-3-6-11-18/h3-8,10-13,16H,9,14-15,17H2,1-2H3,(H,26,30). The SMILES string of the molecule is CN(CCCNC(=O)CSc1nc2scc(-c3ccccc3)c2c(=O)n1C)c1ccccc1. The first-order chi connectivity index (χ1) is 16.0. The van der Waals surface area contributed by atoms with Crippen LogP contribution in [0.4, 0.5) is 5.69 Å². The molecule has 2 aromatic heterocycles. The molecular formula is C25H26N4O2S2. The molecule has 0 unspecified atom stereocenters. The number of thioether (sulfide) groups is 1. The quantitative estimate of drug-likeness (QED) is 0.219. The van der Waals surface area contributed by atoms with Gasteiger partial charge in [0, 0.05) is 43.8 Å². The number of amides is 1. The van der Waals surface area contributed by atoms with Gasteiger partial charge in [-0.1, -0.05) is 60.3 Å². The molecule has 4 aromatic rings. The van der Waals surface area contributed by atoms with Crippen LogP contribution in [0.1, 0.15) is 6.42 Å². The Labute approximate surface area is 201 Å². The van der Waals surface area contributed by atoms with Crippen LogP contribution in [-0.4, -0.2) is 41.3 Å². The van der Waals surface area contributed by atoms with E-state index in [2.05, 4.69) is 27.3 Å². The van der Waals surface area contributed by atoms with Gasteiger partial charge in [0.2, 0.25) is 5.91 Å². The van der Waals surface area contributed by atoms with Crippen molar-refractivity contribution >= 4 is 44.9 Å². The number of anilines is 1. The van der Waals surface area contributed by atoms with Crippen molar-refractivity contribution in [1.82, 2.24) is 14.9 Å². The maximum absolute atomic E-state index is 13.1. The van der Waals surface area contributed by atoms with Gasteiger partial charge in [-0.25, -0.2) is 4.98 Å². The van der Waals surface area contributed by atoms with Gasteiger partial charge >= 0.3 is 0 Å². The molecule has 0 saturated heterocycles. The van der Waals surface area contributed by atoms with E-state index in [1.807, 2.05) is 61.0 Å². The average Bonchev–Trinajstić information content (AvgIpc) is 3.28. The minimum atomic E-state index is -0.0908. The number of para-hydroxylation sites is 1. The summed E-state index contributed by atoms with van der Waals surface area (Å²) in [7, 11) is 3.75. The van der Waals surface area contributed by atoms with E-state index in [0.717, 1.165) is 29.8 Å². The molecule has 2 aromatic carbocycles. The second-order valence-electron chi connectivity index (χ2n) is 7.70. The number of rotatable bonds is 9. The molecule has 0 aliphatic heterocycles. The third kappa shape index (κ3) is 5.46. The lowest BCUT2D eigenvalue weighted by molar-refractivity contribution is -0.118. The van der Waals surface area contributed by atoms with Crippen molar-refractivity contribution in [2.45, 2.75) is 11.6 Å². The summed E-state index contributed by atoms with van der Waals surface area (Å²) in [5.41, 5.74) is 2.97. The van der Waals surface area contributed by atoms with Crippen LogP contribution in [0, 0.1) is 0 Å². The molecule has 0 spiro atoms. The molecule has 8 heteroatoms. The van der Waals surface area contributed by atoms with Gasteiger partial charge in [-0.3, -0.25) is 14.2 Å². The molecule has 33 heavy (non-hydrogen) atoms. The normalized spacial score (nSPS) is 11.0. The lowest BCUT2D eigenvalue weighted by Gasteiger charge is -2.19. The Bertz CT molecular complexity index is 1290. The number of nitrogens with zero attached hydrogens (tertiary/aromatic N) is 3.